The van der Waals surface area contributed by atoms with E-state index in [1.54, 1.807) is 11.3 Å². The summed E-state index contributed by atoms with van der Waals surface area (Å²) in [5, 5.41) is 6.88. The van der Waals surface area contributed by atoms with Gasteiger partial charge in [-0.15, -0.1) is 11.3 Å². The van der Waals surface area contributed by atoms with Crippen LogP contribution in [0.3, 0.4) is 0 Å². The van der Waals surface area contributed by atoms with E-state index in [0.29, 0.717) is 0 Å². The Morgan fingerprint density at radius 2 is 2.22 bits per heavy atom. The van der Waals surface area contributed by atoms with Crippen molar-refractivity contribution in [3.63, 3.8) is 0 Å². The highest BCUT2D eigenvalue weighted by Crippen LogP contribution is 2.31. The van der Waals surface area contributed by atoms with Gasteiger partial charge in [0, 0.05) is 34.5 Å². The Balaban J connectivity index is 1.27. The molecular weight excluding hydrogens is 370 g/mol. The van der Waals surface area contributed by atoms with E-state index in [2.05, 4.69) is 49.7 Å². The Bertz CT molecular complexity index is 668. The zero-order valence-electron chi connectivity index (χ0n) is 13.2. The molecule has 2 aromatic rings. The first-order valence-electron chi connectivity index (χ1n) is 8.43. The van der Waals surface area contributed by atoms with Crippen molar-refractivity contribution < 1.29 is 0 Å². The third-order valence-corrected chi connectivity index (χ3v) is 6.18. The van der Waals surface area contributed by atoms with Gasteiger partial charge in [0.15, 0.2) is 0 Å². The monoisotopic (exact) mass is 391 g/mol. The van der Waals surface area contributed by atoms with Gasteiger partial charge in [-0.25, -0.2) is 4.98 Å². The SMILES string of the molecule is Brc1cccc(-c2nc(CNCC3CCN(C4CC4)C3)cs2)c1. The maximum Gasteiger partial charge on any atom is 0.123 e. The van der Waals surface area contributed by atoms with Crippen molar-refractivity contribution in [1.29, 1.82) is 0 Å². The second-order valence-electron chi connectivity index (χ2n) is 6.67. The van der Waals surface area contributed by atoms with Crippen molar-refractivity contribution >= 4 is 27.3 Å². The minimum atomic E-state index is 0.818. The van der Waals surface area contributed by atoms with E-state index in [1.807, 2.05) is 6.07 Å². The molecule has 23 heavy (non-hydrogen) atoms. The van der Waals surface area contributed by atoms with Gasteiger partial charge in [0.2, 0.25) is 0 Å². The molecule has 1 saturated carbocycles. The van der Waals surface area contributed by atoms with Gasteiger partial charge in [0.25, 0.3) is 0 Å². The lowest BCUT2D eigenvalue weighted by atomic mass is 10.1. The van der Waals surface area contributed by atoms with Crippen LogP contribution in [0.1, 0.15) is 25.0 Å². The van der Waals surface area contributed by atoms with Crippen LogP contribution >= 0.6 is 27.3 Å². The molecule has 1 aromatic carbocycles. The number of aromatic nitrogens is 1. The fourth-order valence-electron chi connectivity index (χ4n) is 3.35. The van der Waals surface area contributed by atoms with Crippen LogP contribution < -0.4 is 5.32 Å². The van der Waals surface area contributed by atoms with Gasteiger partial charge in [0.1, 0.15) is 5.01 Å². The van der Waals surface area contributed by atoms with Crippen LogP contribution in [0, 0.1) is 5.92 Å². The van der Waals surface area contributed by atoms with Crippen LogP contribution in [0.2, 0.25) is 0 Å². The van der Waals surface area contributed by atoms with Gasteiger partial charge in [-0.3, -0.25) is 0 Å². The van der Waals surface area contributed by atoms with E-state index in [0.717, 1.165) is 40.2 Å². The smallest absolute Gasteiger partial charge is 0.123 e. The molecule has 0 bridgehead atoms. The fraction of sp³-hybridized carbons (Fsp3) is 0.500. The summed E-state index contributed by atoms with van der Waals surface area (Å²) in [6.07, 6.45) is 4.21. The highest BCUT2D eigenvalue weighted by atomic mass is 79.9. The number of hydrogen-bond donors (Lipinski definition) is 1. The van der Waals surface area contributed by atoms with Crippen LogP contribution in [0.25, 0.3) is 10.6 Å². The molecule has 1 N–H and O–H groups in total. The summed E-state index contributed by atoms with van der Waals surface area (Å²) in [6.45, 7) is 4.59. The molecule has 3 nitrogen and oxygen atoms in total. The largest absolute Gasteiger partial charge is 0.311 e. The summed E-state index contributed by atoms with van der Waals surface area (Å²) in [5.41, 5.74) is 2.34. The Kier molecular flexibility index (Phi) is 4.80. The zero-order chi connectivity index (χ0) is 15.6. The number of thiazole rings is 1. The Hall–Kier alpha value is -0.750. The second-order valence-corrected chi connectivity index (χ2v) is 8.44. The van der Waals surface area contributed by atoms with Gasteiger partial charge >= 0.3 is 0 Å². The molecule has 1 unspecified atom stereocenters. The number of halogens is 1. The molecule has 0 spiro atoms. The van der Waals surface area contributed by atoms with Crippen LogP contribution in [0.15, 0.2) is 34.1 Å². The highest BCUT2D eigenvalue weighted by Gasteiger charge is 2.33. The lowest BCUT2D eigenvalue weighted by Gasteiger charge is -2.14. The van der Waals surface area contributed by atoms with Crippen molar-refractivity contribution in [3.05, 3.63) is 39.8 Å². The van der Waals surface area contributed by atoms with Gasteiger partial charge in [0.05, 0.1) is 5.69 Å². The Morgan fingerprint density at radius 3 is 3.04 bits per heavy atom. The Labute approximate surface area is 150 Å². The third-order valence-electron chi connectivity index (χ3n) is 4.74. The third kappa shape index (κ3) is 4.02. The number of rotatable bonds is 6. The molecule has 1 atom stereocenters. The first-order chi connectivity index (χ1) is 11.3. The summed E-state index contributed by atoms with van der Waals surface area (Å²) >= 11 is 5.25. The number of likely N-dealkylation sites (tertiary alicyclic amines) is 1. The first kappa shape index (κ1) is 15.8. The molecule has 122 valence electrons. The van der Waals surface area contributed by atoms with E-state index >= 15 is 0 Å². The quantitative estimate of drug-likeness (QED) is 0.801. The summed E-state index contributed by atoms with van der Waals surface area (Å²) < 4.78 is 1.10. The molecule has 1 aromatic heterocycles. The number of hydrogen-bond acceptors (Lipinski definition) is 4. The van der Waals surface area contributed by atoms with E-state index in [9.17, 15) is 0 Å². The van der Waals surface area contributed by atoms with Crippen molar-refractivity contribution in [2.45, 2.75) is 31.8 Å². The standard InChI is InChI=1S/C18H22BrN3S/c19-15-3-1-2-14(8-15)18-21-16(12-23-18)10-20-9-13-6-7-22(11-13)17-4-5-17/h1-3,8,12-13,17,20H,4-7,9-11H2. The lowest BCUT2D eigenvalue weighted by Crippen LogP contribution is -2.27. The number of nitrogens with zero attached hydrogens (tertiary/aromatic N) is 2. The Morgan fingerprint density at radius 1 is 1.30 bits per heavy atom. The molecular formula is C18H22BrN3S. The van der Waals surface area contributed by atoms with Crippen molar-refractivity contribution in [3.8, 4) is 10.6 Å². The van der Waals surface area contributed by atoms with E-state index in [4.69, 9.17) is 4.98 Å². The predicted octanol–water partition coefficient (Wildman–Crippen LogP) is 4.15. The van der Waals surface area contributed by atoms with Crippen LogP contribution in [0.5, 0.6) is 0 Å². The summed E-state index contributed by atoms with van der Waals surface area (Å²) in [4.78, 5) is 7.44. The molecule has 1 aliphatic heterocycles. The minimum absolute atomic E-state index is 0.818. The zero-order valence-corrected chi connectivity index (χ0v) is 15.6. The molecule has 2 heterocycles. The minimum Gasteiger partial charge on any atom is -0.311 e. The topological polar surface area (TPSA) is 28.2 Å². The van der Waals surface area contributed by atoms with Crippen LogP contribution in [-0.4, -0.2) is 35.6 Å². The molecule has 0 radical (unpaired) electrons. The number of nitrogens with one attached hydrogen (secondary N) is 1. The average Bonchev–Trinajstić information content (AvgIpc) is 3.11. The van der Waals surface area contributed by atoms with Crippen molar-refractivity contribution in [2.75, 3.05) is 19.6 Å². The number of benzene rings is 1. The van der Waals surface area contributed by atoms with E-state index in [1.165, 1.54) is 37.9 Å². The lowest BCUT2D eigenvalue weighted by molar-refractivity contribution is 0.311. The van der Waals surface area contributed by atoms with E-state index < -0.39 is 0 Å². The normalized spacial score (nSPS) is 21.9. The average molecular weight is 392 g/mol. The maximum absolute atomic E-state index is 4.76. The van der Waals surface area contributed by atoms with E-state index in [-0.39, 0.29) is 0 Å². The maximum atomic E-state index is 4.76. The van der Waals surface area contributed by atoms with Crippen molar-refractivity contribution in [2.24, 2.45) is 5.92 Å². The highest BCUT2D eigenvalue weighted by molar-refractivity contribution is 9.10. The van der Waals surface area contributed by atoms with Crippen LogP contribution in [-0.2, 0) is 6.54 Å². The van der Waals surface area contributed by atoms with Crippen LogP contribution in [0.4, 0.5) is 0 Å². The summed E-state index contributed by atoms with van der Waals surface area (Å²) in [7, 11) is 0. The molecule has 5 heteroatoms. The molecule has 1 aliphatic carbocycles. The van der Waals surface area contributed by atoms with Gasteiger partial charge in [-0.1, -0.05) is 28.1 Å². The second kappa shape index (κ2) is 7.01. The molecule has 1 saturated heterocycles. The summed E-state index contributed by atoms with van der Waals surface area (Å²) in [6, 6.07) is 9.27. The fourth-order valence-corrected chi connectivity index (χ4v) is 4.56. The van der Waals surface area contributed by atoms with Crippen molar-refractivity contribution in [1.82, 2.24) is 15.2 Å². The van der Waals surface area contributed by atoms with Gasteiger partial charge in [-0.2, -0.15) is 0 Å². The molecule has 2 aliphatic rings. The molecule has 0 amide bonds. The summed E-state index contributed by atoms with van der Waals surface area (Å²) in [5.74, 6) is 0.818. The molecule has 4 rings (SSSR count). The van der Waals surface area contributed by atoms with Gasteiger partial charge < -0.3 is 10.2 Å². The molecule has 2 fully saturated rings. The first-order valence-corrected chi connectivity index (χ1v) is 10.1. The van der Waals surface area contributed by atoms with Gasteiger partial charge in [-0.05, 0) is 50.4 Å². The predicted molar refractivity (Wildman–Crippen MR) is 99.7 cm³/mol.